The molecule has 2 aromatic rings. The van der Waals surface area contributed by atoms with Crippen molar-refractivity contribution in [2.45, 2.75) is 12.5 Å². The van der Waals surface area contributed by atoms with Gasteiger partial charge in [0.1, 0.15) is 0 Å². The number of anilines is 1. The van der Waals surface area contributed by atoms with Gasteiger partial charge in [0.05, 0.1) is 11.8 Å². The Morgan fingerprint density at radius 2 is 2.37 bits per heavy atom. The van der Waals surface area contributed by atoms with E-state index in [1.807, 2.05) is 0 Å². The van der Waals surface area contributed by atoms with Gasteiger partial charge >= 0.3 is 0 Å². The van der Waals surface area contributed by atoms with Gasteiger partial charge in [0.15, 0.2) is 11.2 Å². The van der Waals surface area contributed by atoms with Crippen LogP contribution in [-0.2, 0) is 0 Å². The summed E-state index contributed by atoms with van der Waals surface area (Å²) in [6.07, 6.45) is 1.31. The summed E-state index contributed by atoms with van der Waals surface area (Å²) in [7, 11) is 0. The molecule has 1 saturated carbocycles. The highest BCUT2D eigenvalue weighted by Crippen LogP contribution is 2.44. The summed E-state index contributed by atoms with van der Waals surface area (Å²) in [5.74, 6) is -2.48. The molecule has 0 aliphatic heterocycles. The van der Waals surface area contributed by atoms with Crippen LogP contribution in [0.15, 0.2) is 11.1 Å². The van der Waals surface area contributed by atoms with Crippen molar-refractivity contribution >= 4 is 17.1 Å². The maximum atomic E-state index is 11.8. The zero-order valence-electron chi connectivity index (χ0n) is 13.7. The lowest BCUT2D eigenvalue weighted by atomic mass is 9.70. The number of nitrogens with one attached hydrogen (secondary N) is 1. The number of nitrogen functional groups attached to an aromatic ring is 1. The van der Waals surface area contributed by atoms with E-state index in [9.17, 15) is 15.0 Å². The molecule has 8 heteroatoms. The zero-order valence-corrected chi connectivity index (χ0v) is 9.74. The number of imidazole rings is 1. The van der Waals surface area contributed by atoms with E-state index in [0.717, 1.165) is 0 Å². The van der Waals surface area contributed by atoms with Gasteiger partial charge in [-0.1, -0.05) is 0 Å². The summed E-state index contributed by atoms with van der Waals surface area (Å²) in [6.45, 7) is -5.37. The minimum absolute atomic E-state index is 0.00640. The fourth-order valence-corrected chi connectivity index (χ4v) is 2.41. The first kappa shape index (κ1) is 8.28. The third kappa shape index (κ3) is 1.71. The van der Waals surface area contributed by atoms with Gasteiger partial charge in [-0.25, -0.2) is 4.98 Å². The molecule has 5 N–H and O–H groups in total. The van der Waals surface area contributed by atoms with Crippen LogP contribution >= 0.6 is 0 Å². The third-order valence-electron chi connectivity index (χ3n) is 3.47. The lowest BCUT2D eigenvalue weighted by Crippen LogP contribution is -2.42. The standard InChI is InChI=1S/C11H15N5O3/c12-11-14-9-8(10(19)15-11)13-4-16(9)7-1-5(2-17)6(7)3-18/h4-7,17-18H,1-3H2,(H3,12,14,15,19)/t5?,6-,7+/m0/s1/i2D2,3D2. The van der Waals surface area contributed by atoms with E-state index in [1.165, 1.54) is 10.9 Å². The van der Waals surface area contributed by atoms with Crippen LogP contribution < -0.4 is 11.3 Å². The molecule has 19 heavy (non-hydrogen) atoms. The summed E-state index contributed by atoms with van der Waals surface area (Å²) < 4.78 is 31.2. The minimum atomic E-state index is -2.73. The summed E-state index contributed by atoms with van der Waals surface area (Å²) in [5, 5.41) is 19.3. The molecule has 1 aliphatic rings. The quantitative estimate of drug-likeness (QED) is 0.557. The Hall–Kier alpha value is -1.93. The van der Waals surface area contributed by atoms with Gasteiger partial charge in [-0.15, -0.1) is 0 Å². The van der Waals surface area contributed by atoms with E-state index in [4.69, 9.17) is 11.2 Å². The topological polar surface area (TPSA) is 130 Å². The number of nitrogens with two attached hydrogens (primary N) is 1. The van der Waals surface area contributed by atoms with Gasteiger partial charge in [0.25, 0.3) is 5.56 Å². The maximum Gasteiger partial charge on any atom is 0.280 e. The second-order valence-corrected chi connectivity index (χ2v) is 4.47. The van der Waals surface area contributed by atoms with Gasteiger partial charge in [0.2, 0.25) is 5.95 Å². The number of nitrogens with zero attached hydrogens (tertiary/aromatic N) is 3. The average Bonchev–Trinajstić information content (AvgIpc) is 2.67. The van der Waals surface area contributed by atoms with Crippen LogP contribution in [0.4, 0.5) is 5.95 Å². The van der Waals surface area contributed by atoms with Gasteiger partial charge in [-0.3, -0.25) is 9.78 Å². The first-order valence-electron chi connectivity index (χ1n) is 7.67. The summed E-state index contributed by atoms with van der Waals surface area (Å²) in [5.41, 5.74) is 5.07. The van der Waals surface area contributed by atoms with Gasteiger partial charge in [0, 0.05) is 25.1 Å². The number of hydrogen-bond acceptors (Lipinski definition) is 6. The Morgan fingerprint density at radius 3 is 3.05 bits per heavy atom. The average molecular weight is 269 g/mol. The third-order valence-corrected chi connectivity index (χ3v) is 3.47. The Kier molecular flexibility index (Phi) is 1.88. The van der Waals surface area contributed by atoms with E-state index >= 15 is 0 Å². The normalized spacial score (nSPS) is 31.2. The fourth-order valence-electron chi connectivity index (χ4n) is 2.41. The van der Waals surface area contributed by atoms with Crippen molar-refractivity contribution in [1.82, 2.24) is 19.5 Å². The first-order chi connectivity index (χ1) is 10.5. The van der Waals surface area contributed by atoms with E-state index in [-0.39, 0.29) is 23.5 Å². The van der Waals surface area contributed by atoms with Crippen molar-refractivity contribution in [1.29, 1.82) is 0 Å². The minimum Gasteiger partial charge on any atom is -0.396 e. The molecule has 3 atom stereocenters. The smallest absolute Gasteiger partial charge is 0.280 e. The first-order valence-corrected chi connectivity index (χ1v) is 5.67. The molecular formula is C11H15N5O3. The largest absolute Gasteiger partial charge is 0.396 e. The molecule has 2 heterocycles. The number of aliphatic hydroxyl groups is 2. The van der Waals surface area contributed by atoms with Crippen LogP contribution in [0.3, 0.4) is 0 Å². The number of rotatable bonds is 3. The molecule has 102 valence electrons. The van der Waals surface area contributed by atoms with Crippen molar-refractivity contribution < 1.29 is 15.7 Å². The van der Waals surface area contributed by atoms with Gasteiger partial charge in [-0.05, 0) is 12.3 Å². The molecule has 0 aromatic carbocycles. The van der Waals surface area contributed by atoms with Crippen molar-refractivity contribution in [3.63, 3.8) is 0 Å². The molecule has 3 rings (SSSR count). The predicted molar refractivity (Wildman–Crippen MR) is 67.4 cm³/mol. The summed E-state index contributed by atoms with van der Waals surface area (Å²) in [4.78, 5) is 21.9. The Labute approximate surface area is 113 Å². The molecule has 2 aromatic heterocycles. The number of aromatic nitrogens is 4. The second-order valence-electron chi connectivity index (χ2n) is 4.47. The van der Waals surface area contributed by atoms with Crippen LogP contribution in [0.5, 0.6) is 0 Å². The molecular weight excluding hydrogens is 250 g/mol. The summed E-state index contributed by atoms with van der Waals surface area (Å²) in [6, 6.07) is -0.721. The molecule has 0 amide bonds. The lowest BCUT2D eigenvalue weighted by Gasteiger charge is -2.43. The second kappa shape index (κ2) is 4.32. The van der Waals surface area contributed by atoms with Gasteiger partial charge < -0.3 is 20.5 Å². The number of hydrogen-bond donors (Lipinski definition) is 4. The van der Waals surface area contributed by atoms with Crippen molar-refractivity contribution in [3.8, 4) is 0 Å². The fraction of sp³-hybridized carbons (Fsp3) is 0.545. The highest BCUT2D eigenvalue weighted by atomic mass is 16.3. The molecule has 0 bridgehead atoms. The Balaban J connectivity index is 2.07. The maximum absolute atomic E-state index is 11.8. The Bertz CT molecular complexity index is 809. The molecule has 0 saturated heterocycles. The summed E-state index contributed by atoms with van der Waals surface area (Å²) >= 11 is 0. The predicted octanol–water partition coefficient (Wildman–Crippen LogP) is -1.14. The molecule has 8 nitrogen and oxygen atoms in total. The van der Waals surface area contributed by atoms with Crippen LogP contribution in [0, 0.1) is 11.8 Å². The van der Waals surface area contributed by atoms with E-state index < -0.39 is 36.6 Å². The molecule has 0 radical (unpaired) electrons. The van der Waals surface area contributed by atoms with Gasteiger partial charge in [-0.2, -0.15) is 4.98 Å². The van der Waals surface area contributed by atoms with Crippen LogP contribution in [0.25, 0.3) is 11.2 Å². The van der Waals surface area contributed by atoms with E-state index in [0.29, 0.717) is 0 Å². The lowest BCUT2D eigenvalue weighted by molar-refractivity contribution is -0.00528. The van der Waals surface area contributed by atoms with Crippen molar-refractivity contribution in [3.05, 3.63) is 16.7 Å². The van der Waals surface area contributed by atoms with Crippen LogP contribution in [-0.4, -0.2) is 42.9 Å². The van der Waals surface area contributed by atoms with Crippen LogP contribution in [0.1, 0.15) is 17.9 Å². The van der Waals surface area contributed by atoms with Crippen LogP contribution in [0.2, 0.25) is 0 Å². The van der Waals surface area contributed by atoms with Crippen molar-refractivity contribution in [2.24, 2.45) is 11.8 Å². The van der Waals surface area contributed by atoms with E-state index in [2.05, 4.69) is 15.0 Å². The highest BCUT2D eigenvalue weighted by Gasteiger charge is 2.41. The number of H-pyrrole nitrogens is 1. The number of aromatic amines is 1. The zero-order chi connectivity index (χ0) is 17.2. The molecule has 1 aliphatic carbocycles. The molecule has 0 spiro atoms. The highest BCUT2D eigenvalue weighted by molar-refractivity contribution is 5.70. The molecule has 1 unspecified atom stereocenters. The van der Waals surface area contributed by atoms with E-state index in [1.54, 1.807) is 0 Å². The number of fused-ring (bicyclic) bond motifs is 1. The molecule has 1 fully saturated rings. The monoisotopic (exact) mass is 269 g/mol. The SMILES string of the molecule is [2H]C([2H])(O)C1C[C@@H](n2cnc3c(=O)[nH]c(N)nc32)[C@H]1C([2H])([2H])O. The van der Waals surface area contributed by atoms with Crippen molar-refractivity contribution in [2.75, 3.05) is 18.9 Å². The Morgan fingerprint density at radius 1 is 1.58 bits per heavy atom.